The van der Waals surface area contributed by atoms with E-state index in [9.17, 15) is 19.2 Å². The minimum Gasteiger partial charge on any atom is -0.454 e. The van der Waals surface area contributed by atoms with Crippen LogP contribution in [0.1, 0.15) is 64.2 Å². The fourth-order valence-electron chi connectivity index (χ4n) is 5.47. The second-order valence-corrected chi connectivity index (χ2v) is 8.61. The average molecular weight is 391 g/mol. The normalized spacial score (nSPS) is 29.0. The number of likely N-dealkylation sites (tertiary alicyclic amines) is 1. The standard InChI is InChI=1S/C20H29N3O5/c24-16(22-11-5-7-14-6-1-2-8-15(14)22)13-28-17(25)12-23-18(26)20(21-19(23)27)9-3-4-10-20/h14-15H,1-13H2,(H,21,27)/t14-,15+/m0/s1. The molecule has 8 heteroatoms. The van der Waals surface area contributed by atoms with E-state index in [0.29, 0.717) is 25.3 Å². The summed E-state index contributed by atoms with van der Waals surface area (Å²) in [6, 6.07) is -0.280. The number of nitrogens with zero attached hydrogens (tertiary/aromatic N) is 2. The summed E-state index contributed by atoms with van der Waals surface area (Å²) in [7, 11) is 0. The number of nitrogens with one attached hydrogen (secondary N) is 1. The van der Waals surface area contributed by atoms with Crippen LogP contribution in [0.25, 0.3) is 0 Å². The summed E-state index contributed by atoms with van der Waals surface area (Å²) >= 11 is 0. The van der Waals surface area contributed by atoms with Gasteiger partial charge in [-0.2, -0.15) is 0 Å². The Hall–Kier alpha value is -2.12. The summed E-state index contributed by atoms with van der Waals surface area (Å²) in [6.07, 6.45) is 9.71. The van der Waals surface area contributed by atoms with E-state index < -0.39 is 24.1 Å². The largest absolute Gasteiger partial charge is 0.454 e. The van der Waals surface area contributed by atoms with Crippen molar-refractivity contribution in [2.24, 2.45) is 5.92 Å². The number of hydrogen-bond donors (Lipinski definition) is 1. The highest BCUT2D eigenvalue weighted by Gasteiger charge is 2.52. The molecule has 4 rings (SSSR count). The number of amides is 4. The van der Waals surface area contributed by atoms with Gasteiger partial charge in [0.05, 0.1) is 0 Å². The molecule has 0 aromatic heterocycles. The van der Waals surface area contributed by atoms with Crippen molar-refractivity contribution in [2.75, 3.05) is 19.7 Å². The Morgan fingerprint density at radius 1 is 1.04 bits per heavy atom. The Balaban J connectivity index is 1.29. The van der Waals surface area contributed by atoms with Gasteiger partial charge in [0.15, 0.2) is 6.61 Å². The van der Waals surface area contributed by atoms with Crippen molar-refractivity contribution in [1.29, 1.82) is 0 Å². The molecule has 2 heterocycles. The monoisotopic (exact) mass is 391 g/mol. The number of esters is 1. The van der Waals surface area contributed by atoms with Gasteiger partial charge in [-0.1, -0.05) is 25.7 Å². The topological polar surface area (TPSA) is 96.0 Å². The Morgan fingerprint density at radius 2 is 1.75 bits per heavy atom. The average Bonchev–Trinajstić information content (AvgIpc) is 3.26. The molecule has 0 bridgehead atoms. The quantitative estimate of drug-likeness (QED) is 0.580. The first-order valence-corrected chi connectivity index (χ1v) is 10.6. The minimum absolute atomic E-state index is 0.172. The van der Waals surface area contributed by atoms with Gasteiger partial charge in [-0.3, -0.25) is 19.3 Å². The molecule has 4 aliphatic rings. The Bertz CT molecular complexity index is 671. The van der Waals surface area contributed by atoms with Gasteiger partial charge in [0.25, 0.3) is 11.8 Å². The van der Waals surface area contributed by atoms with Gasteiger partial charge in [-0.25, -0.2) is 4.79 Å². The third-order valence-electron chi connectivity index (χ3n) is 6.91. The van der Waals surface area contributed by atoms with Crippen molar-refractivity contribution in [3.05, 3.63) is 0 Å². The van der Waals surface area contributed by atoms with Gasteiger partial charge >= 0.3 is 12.0 Å². The number of ether oxygens (including phenoxy) is 1. The van der Waals surface area contributed by atoms with Crippen LogP contribution in [0.3, 0.4) is 0 Å². The van der Waals surface area contributed by atoms with Gasteiger partial charge < -0.3 is 15.0 Å². The van der Waals surface area contributed by atoms with Crippen molar-refractivity contribution >= 4 is 23.8 Å². The third kappa shape index (κ3) is 3.49. The van der Waals surface area contributed by atoms with Crippen LogP contribution in [-0.4, -0.2) is 64.9 Å². The number of rotatable bonds is 4. The van der Waals surface area contributed by atoms with Crippen molar-refractivity contribution in [3.63, 3.8) is 0 Å². The molecule has 4 fully saturated rings. The molecule has 1 N–H and O–H groups in total. The predicted octanol–water partition coefficient (Wildman–Crippen LogP) is 1.58. The molecule has 2 saturated carbocycles. The second-order valence-electron chi connectivity index (χ2n) is 8.61. The first kappa shape index (κ1) is 19.2. The molecule has 2 aliphatic heterocycles. The molecular formula is C20H29N3O5. The molecule has 8 nitrogen and oxygen atoms in total. The molecule has 154 valence electrons. The molecule has 28 heavy (non-hydrogen) atoms. The lowest BCUT2D eigenvalue weighted by Crippen LogP contribution is -2.51. The van der Waals surface area contributed by atoms with Crippen LogP contribution in [0.5, 0.6) is 0 Å². The lowest BCUT2D eigenvalue weighted by Gasteiger charge is -2.44. The highest BCUT2D eigenvalue weighted by atomic mass is 16.5. The van der Waals surface area contributed by atoms with Crippen molar-refractivity contribution in [1.82, 2.24) is 15.1 Å². The van der Waals surface area contributed by atoms with Gasteiger partial charge in [-0.15, -0.1) is 0 Å². The summed E-state index contributed by atoms with van der Waals surface area (Å²) in [5.41, 5.74) is -0.836. The highest BCUT2D eigenvalue weighted by Crippen LogP contribution is 2.36. The van der Waals surface area contributed by atoms with Crippen LogP contribution in [0.15, 0.2) is 0 Å². The Kier molecular flexibility index (Phi) is 5.29. The summed E-state index contributed by atoms with van der Waals surface area (Å²) in [6.45, 7) is -0.0459. The zero-order valence-corrected chi connectivity index (χ0v) is 16.3. The smallest absolute Gasteiger partial charge is 0.326 e. The number of hydrogen-bond acceptors (Lipinski definition) is 5. The van der Waals surface area contributed by atoms with Crippen molar-refractivity contribution < 1.29 is 23.9 Å². The summed E-state index contributed by atoms with van der Waals surface area (Å²) < 4.78 is 5.14. The van der Waals surface area contributed by atoms with Crippen LogP contribution in [-0.2, 0) is 19.1 Å². The number of piperidine rings is 1. The van der Waals surface area contributed by atoms with Crippen LogP contribution >= 0.6 is 0 Å². The summed E-state index contributed by atoms with van der Waals surface area (Å²) in [4.78, 5) is 52.3. The molecule has 0 unspecified atom stereocenters. The maximum Gasteiger partial charge on any atom is 0.326 e. The van der Waals surface area contributed by atoms with E-state index in [1.54, 1.807) is 0 Å². The van der Waals surface area contributed by atoms with Gasteiger partial charge in [-0.05, 0) is 44.4 Å². The highest BCUT2D eigenvalue weighted by molar-refractivity contribution is 6.08. The number of urea groups is 1. The summed E-state index contributed by atoms with van der Waals surface area (Å²) in [5.74, 6) is -0.673. The van der Waals surface area contributed by atoms with E-state index in [-0.39, 0.29) is 24.5 Å². The summed E-state index contributed by atoms with van der Waals surface area (Å²) in [5, 5.41) is 2.74. The number of carbonyl (C=O) groups excluding carboxylic acids is 4. The molecule has 2 saturated heterocycles. The SMILES string of the molecule is O=C(CN1C(=O)NC2(CCCC2)C1=O)OCC(=O)N1CCC[C@@H]2CCCC[C@H]21. The van der Waals surface area contributed by atoms with Crippen molar-refractivity contribution in [2.45, 2.75) is 75.8 Å². The molecular weight excluding hydrogens is 362 g/mol. The van der Waals surface area contributed by atoms with Gasteiger partial charge in [0.2, 0.25) is 0 Å². The maximum absolute atomic E-state index is 12.6. The van der Waals surface area contributed by atoms with Crippen LogP contribution in [0, 0.1) is 5.92 Å². The van der Waals surface area contributed by atoms with E-state index in [0.717, 1.165) is 37.0 Å². The number of fused-ring (bicyclic) bond motifs is 1. The minimum atomic E-state index is -0.836. The second kappa shape index (κ2) is 7.72. The predicted molar refractivity (Wildman–Crippen MR) is 99.1 cm³/mol. The molecule has 0 aromatic carbocycles. The molecule has 1 spiro atoms. The van der Waals surface area contributed by atoms with Gasteiger partial charge in [0.1, 0.15) is 12.1 Å². The van der Waals surface area contributed by atoms with E-state index >= 15 is 0 Å². The van der Waals surface area contributed by atoms with E-state index in [2.05, 4.69) is 5.32 Å². The molecule has 2 aliphatic carbocycles. The first-order chi connectivity index (χ1) is 13.5. The van der Waals surface area contributed by atoms with Crippen molar-refractivity contribution in [3.8, 4) is 0 Å². The van der Waals surface area contributed by atoms with Crippen LogP contribution in [0.4, 0.5) is 4.79 Å². The zero-order valence-electron chi connectivity index (χ0n) is 16.3. The van der Waals surface area contributed by atoms with E-state index in [1.165, 1.54) is 19.3 Å². The lowest BCUT2D eigenvalue weighted by molar-refractivity contribution is -0.156. The molecule has 2 atom stereocenters. The zero-order chi connectivity index (χ0) is 19.7. The molecule has 0 aromatic rings. The van der Waals surface area contributed by atoms with Gasteiger partial charge in [0, 0.05) is 12.6 Å². The number of imide groups is 1. The third-order valence-corrected chi connectivity index (χ3v) is 6.91. The van der Waals surface area contributed by atoms with E-state index in [4.69, 9.17) is 4.74 Å². The Labute approximate surface area is 164 Å². The van der Waals surface area contributed by atoms with Crippen LogP contribution < -0.4 is 5.32 Å². The van der Waals surface area contributed by atoms with E-state index in [1.807, 2.05) is 4.90 Å². The van der Waals surface area contributed by atoms with Crippen LogP contribution in [0.2, 0.25) is 0 Å². The lowest BCUT2D eigenvalue weighted by atomic mass is 9.78. The Morgan fingerprint density at radius 3 is 2.54 bits per heavy atom. The number of carbonyl (C=O) groups is 4. The first-order valence-electron chi connectivity index (χ1n) is 10.6. The fraction of sp³-hybridized carbons (Fsp3) is 0.800. The fourth-order valence-corrected chi connectivity index (χ4v) is 5.47. The molecule has 0 radical (unpaired) electrons. The molecule has 4 amide bonds. The maximum atomic E-state index is 12.6.